The Bertz CT molecular complexity index is 942. The summed E-state index contributed by atoms with van der Waals surface area (Å²) in [7, 11) is 0. The van der Waals surface area contributed by atoms with E-state index in [1.165, 1.54) is 0 Å². The van der Waals surface area contributed by atoms with Crippen LogP contribution in [0.1, 0.15) is 24.5 Å². The van der Waals surface area contributed by atoms with Crippen molar-refractivity contribution in [1.82, 2.24) is 0 Å². The lowest BCUT2D eigenvalue weighted by Gasteiger charge is -2.18. The van der Waals surface area contributed by atoms with E-state index < -0.39 is 6.10 Å². The van der Waals surface area contributed by atoms with Crippen LogP contribution in [0, 0.1) is 6.92 Å². The van der Waals surface area contributed by atoms with Crippen LogP contribution in [-0.4, -0.2) is 12.0 Å². The maximum atomic E-state index is 12.6. The Morgan fingerprint density at radius 3 is 2.34 bits per heavy atom. The van der Waals surface area contributed by atoms with Crippen molar-refractivity contribution in [2.75, 3.05) is 5.32 Å². The Morgan fingerprint density at radius 1 is 1.00 bits per heavy atom. The molecule has 0 radical (unpaired) electrons. The van der Waals surface area contributed by atoms with E-state index in [0.29, 0.717) is 29.5 Å². The molecule has 1 N–H and O–H groups in total. The Kier molecular flexibility index (Phi) is 7.14. The first kappa shape index (κ1) is 20.7. The van der Waals surface area contributed by atoms with E-state index in [2.05, 4.69) is 5.32 Å². The SMILES string of the molecule is CC[C@H](Oc1ccc(Cl)c(C)c1)C(=O)Nc1ccc(OCc2ccccc2)cc1. The van der Waals surface area contributed by atoms with Crippen molar-refractivity contribution in [2.45, 2.75) is 33.0 Å². The van der Waals surface area contributed by atoms with Gasteiger partial charge in [-0.25, -0.2) is 0 Å². The van der Waals surface area contributed by atoms with Gasteiger partial charge in [-0.2, -0.15) is 0 Å². The van der Waals surface area contributed by atoms with Gasteiger partial charge in [0.15, 0.2) is 6.10 Å². The summed E-state index contributed by atoms with van der Waals surface area (Å²) in [6, 6.07) is 22.6. The van der Waals surface area contributed by atoms with Gasteiger partial charge < -0.3 is 14.8 Å². The zero-order valence-electron chi connectivity index (χ0n) is 16.5. The zero-order valence-corrected chi connectivity index (χ0v) is 17.3. The summed E-state index contributed by atoms with van der Waals surface area (Å²) in [5, 5.41) is 3.57. The van der Waals surface area contributed by atoms with E-state index in [1.54, 1.807) is 12.1 Å². The monoisotopic (exact) mass is 409 g/mol. The predicted octanol–water partition coefficient (Wildman–Crippen LogP) is 6.02. The number of hydrogen-bond acceptors (Lipinski definition) is 3. The summed E-state index contributed by atoms with van der Waals surface area (Å²) in [4.78, 5) is 12.6. The molecule has 0 aliphatic heterocycles. The van der Waals surface area contributed by atoms with Gasteiger partial charge in [0.1, 0.15) is 18.1 Å². The molecule has 3 aromatic carbocycles. The van der Waals surface area contributed by atoms with Gasteiger partial charge in [0.05, 0.1) is 0 Å². The minimum Gasteiger partial charge on any atom is -0.489 e. The molecule has 0 aliphatic rings. The second kappa shape index (κ2) is 9.99. The molecule has 0 saturated carbocycles. The number of hydrogen-bond donors (Lipinski definition) is 1. The molecule has 0 bridgehead atoms. The number of halogens is 1. The molecular formula is C24H24ClNO3. The average Bonchev–Trinajstić information content (AvgIpc) is 2.74. The Balaban J connectivity index is 1.56. The molecule has 29 heavy (non-hydrogen) atoms. The summed E-state index contributed by atoms with van der Waals surface area (Å²) in [5.41, 5.74) is 2.70. The van der Waals surface area contributed by atoms with Crippen molar-refractivity contribution < 1.29 is 14.3 Å². The smallest absolute Gasteiger partial charge is 0.265 e. The Hall–Kier alpha value is -2.98. The van der Waals surface area contributed by atoms with Crippen molar-refractivity contribution in [3.8, 4) is 11.5 Å². The molecule has 150 valence electrons. The van der Waals surface area contributed by atoms with Crippen molar-refractivity contribution in [2.24, 2.45) is 0 Å². The number of rotatable bonds is 8. The van der Waals surface area contributed by atoms with Crippen LogP contribution >= 0.6 is 11.6 Å². The fraction of sp³-hybridized carbons (Fsp3) is 0.208. The van der Waals surface area contributed by atoms with Crippen LogP contribution in [-0.2, 0) is 11.4 Å². The molecule has 1 atom stereocenters. The van der Waals surface area contributed by atoms with Crippen molar-refractivity contribution in [3.63, 3.8) is 0 Å². The third-order valence-electron chi connectivity index (χ3n) is 4.44. The summed E-state index contributed by atoms with van der Waals surface area (Å²) in [5.74, 6) is 1.17. The third-order valence-corrected chi connectivity index (χ3v) is 4.87. The van der Waals surface area contributed by atoms with E-state index in [-0.39, 0.29) is 5.91 Å². The first-order valence-electron chi connectivity index (χ1n) is 9.55. The summed E-state index contributed by atoms with van der Waals surface area (Å²) >= 11 is 6.05. The van der Waals surface area contributed by atoms with Gasteiger partial charge in [-0.1, -0.05) is 48.9 Å². The molecule has 3 rings (SSSR count). The lowest BCUT2D eigenvalue weighted by atomic mass is 10.2. The summed E-state index contributed by atoms with van der Waals surface area (Å²) < 4.78 is 11.6. The zero-order chi connectivity index (χ0) is 20.6. The maximum absolute atomic E-state index is 12.6. The molecule has 3 aromatic rings. The highest BCUT2D eigenvalue weighted by atomic mass is 35.5. The molecule has 0 spiro atoms. The fourth-order valence-electron chi connectivity index (χ4n) is 2.78. The highest BCUT2D eigenvalue weighted by Crippen LogP contribution is 2.23. The van der Waals surface area contributed by atoms with Gasteiger partial charge in [0.2, 0.25) is 0 Å². The topological polar surface area (TPSA) is 47.6 Å². The van der Waals surface area contributed by atoms with E-state index in [9.17, 15) is 4.79 Å². The highest BCUT2D eigenvalue weighted by Gasteiger charge is 2.19. The molecule has 0 heterocycles. The van der Waals surface area contributed by atoms with Crippen LogP contribution in [0.15, 0.2) is 72.8 Å². The largest absolute Gasteiger partial charge is 0.489 e. The number of anilines is 1. The van der Waals surface area contributed by atoms with Gasteiger partial charge in [0.25, 0.3) is 5.91 Å². The van der Waals surface area contributed by atoms with Crippen molar-refractivity contribution in [1.29, 1.82) is 0 Å². The Morgan fingerprint density at radius 2 is 1.69 bits per heavy atom. The fourth-order valence-corrected chi connectivity index (χ4v) is 2.89. The summed E-state index contributed by atoms with van der Waals surface area (Å²) in [6.45, 7) is 4.31. The highest BCUT2D eigenvalue weighted by molar-refractivity contribution is 6.31. The number of carbonyl (C=O) groups excluding carboxylic acids is 1. The standard InChI is InChI=1S/C24H24ClNO3/c1-3-23(29-21-13-14-22(25)17(2)15-21)24(27)26-19-9-11-20(12-10-19)28-16-18-7-5-4-6-8-18/h4-15,23H,3,16H2,1-2H3,(H,26,27)/t23-/m0/s1. The molecule has 0 fully saturated rings. The minimum absolute atomic E-state index is 0.196. The van der Waals surface area contributed by atoms with Crippen LogP contribution in [0.4, 0.5) is 5.69 Å². The number of nitrogens with one attached hydrogen (secondary N) is 1. The van der Waals surface area contributed by atoms with Crippen LogP contribution in [0.2, 0.25) is 5.02 Å². The van der Waals surface area contributed by atoms with E-state index >= 15 is 0 Å². The average molecular weight is 410 g/mol. The second-order valence-electron chi connectivity index (χ2n) is 6.71. The van der Waals surface area contributed by atoms with Crippen LogP contribution in [0.5, 0.6) is 11.5 Å². The quantitative estimate of drug-likeness (QED) is 0.494. The number of carbonyl (C=O) groups is 1. The molecule has 0 aliphatic carbocycles. The normalized spacial score (nSPS) is 11.6. The van der Waals surface area contributed by atoms with Crippen LogP contribution in [0.25, 0.3) is 0 Å². The van der Waals surface area contributed by atoms with E-state index in [1.807, 2.05) is 74.5 Å². The lowest BCUT2D eigenvalue weighted by Crippen LogP contribution is -2.32. The lowest BCUT2D eigenvalue weighted by molar-refractivity contribution is -0.122. The molecule has 0 aromatic heterocycles. The van der Waals surface area contributed by atoms with Gasteiger partial charge in [0, 0.05) is 10.7 Å². The second-order valence-corrected chi connectivity index (χ2v) is 7.12. The van der Waals surface area contributed by atoms with Crippen molar-refractivity contribution in [3.05, 3.63) is 88.9 Å². The minimum atomic E-state index is -0.593. The molecule has 0 saturated heterocycles. The number of aryl methyl sites for hydroxylation is 1. The molecule has 4 nitrogen and oxygen atoms in total. The molecule has 0 unspecified atom stereocenters. The first-order valence-corrected chi connectivity index (χ1v) is 9.93. The first-order chi connectivity index (χ1) is 14.0. The maximum Gasteiger partial charge on any atom is 0.265 e. The van der Waals surface area contributed by atoms with Gasteiger partial charge in [-0.05, 0) is 66.9 Å². The Labute approximate surface area is 176 Å². The number of amides is 1. The molecular weight excluding hydrogens is 386 g/mol. The predicted molar refractivity (Wildman–Crippen MR) is 117 cm³/mol. The third kappa shape index (κ3) is 6.00. The number of ether oxygens (including phenoxy) is 2. The van der Waals surface area contributed by atoms with E-state index in [0.717, 1.165) is 16.9 Å². The van der Waals surface area contributed by atoms with Crippen LogP contribution < -0.4 is 14.8 Å². The molecule has 5 heteroatoms. The van der Waals surface area contributed by atoms with Gasteiger partial charge >= 0.3 is 0 Å². The number of benzene rings is 3. The summed E-state index contributed by atoms with van der Waals surface area (Å²) in [6.07, 6.45) is -0.0456. The van der Waals surface area contributed by atoms with E-state index in [4.69, 9.17) is 21.1 Å². The van der Waals surface area contributed by atoms with Gasteiger partial charge in [-0.3, -0.25) is 4.79 Å². The molecule has 1 amide bonds. The van der Waals surface area contributed by atoms with Gasteiger partial charge in [-0.15, -0.1) is 0 Å². The van der Waals surface area contributed by atoms with Crippen LogP contribution in [0.3, 0.4) is 0 Å². The van der Waals surface area contributed by atoms with Crippen molar-refractivity contribution >= 4 is 23.2 Å².